The fourth-order valence-electron chi connectivity index (χ4n) is 3.06. The number of hydrogen-bond acceptors (Lipinski definition) is 9. The maximum absolute atomic E-state index is 11.1. The molecule has 42 heavy (non-hydrogen) atoms. The number of unbranched alkanes of at least 4 members (excludes halogenated alkanes) is 3. The van der Waals surface area contributed by atoms with Gasteiger partial charge in [-0.1, -0.05) is 26.7 Å². The second kappa shape index (κ2) is 28.5. The van der Waals surface area contributed by atoms with Gasteiger partial charge in [0.2, 0.25) is 17.7 Å². The third-order valence-electron chi connectivity index (χ3n) is 5.68. The van der Waals surface area contributed by atoms with Crippen LogP contribution in [-0.2, 0) is 42.8 Å². The monoisotopic (exact) mass is 596 g/mol. The topological polar surface area (TPSA) is 143 Å². The lowest BCUT2D eigenvalue weighted by molar-refractivity contribution is -0.118. The summed E-state index contributed by atoms with van der Waals surface area (Å²) >= 11 is 0. The first kappa shape index (κ1) is 39.4. The summed E-state index contributed by atoms with van der Waals surface area (Å²) in [5, 5.41) is 7.63. The summed E-state index contributed by atoms with van der Waals surface area (Å²) in [6, 6.07) is 0. The molecule has 0 aromatic heterocycles. The number of amides is 3. The highest BCUT2D eigenvalue weighted by molar-refractivity contribution is 5.87. The summed E-state index contributed by atoms with van der Waals surface area (Å²) in [4.78, 5) is 33.3. The molecule has 0 heterocycles. The molecule has 239 valence electrons. The highest BCUT2D eigenvalue weighted by Crippen LogP contribution is 2.24. The first-order valence-corrected chi connectivity index (χ1v) is 14.0. The van der Waals surface area contributed by atoms with Crippen LogP contribution in [-0.4, -0.2) is 97.4 Å². The van der Waals surface area contributed by atoms with Gasteiger partial charge < -0.3 is 44.4 Å². The van der Waals surface area contributed by atoms with Crippen LogP contribution in [0.15, 0.2) is 38.0 Å². The quantitative estimate of drug-likeness (QED) is 0.0623. The minimum atomic E-state index is -0.317. The summed E-state index contributed by atoms with van der Waals surface area (Å²) in [5.41, 5.74) is -0.317. The Hall–Kier alpha value is -2.61. The Morgan fingerprint density at radius 3 is 1.14 bits per heavy atom. The number of carbonyl (C=O) groups is 3. The summed E-state index contributed by atoms with van der Waals surface area (Å²) in [7, 11) is 0. The summed E-state index contributed by atoms with van der Waals surface area (Å²) in [5.74, 6) is -0.834. The van der Waals surface area contributed by atoms with Gasteiger partial charge in [-0.05, 0) is 63.2 Å². The largest absolute Gasteiger partial charge is 0.381 e. The number of hydrogen-bond donors (Lipinski definition) is 3. The van der Waals surface area contributed by atoms with Crippen LogP contribution < -0.4 is 16.0 Å². The van der Waals surface area contributed by atoms with Gasteiger partial charge in [0.15, 0.2) is 0 Å². The van der Waals surface area contributed by atoms with Crippen molar-refractivity contribution in [1.82, 2.24) is 16.0 Å². The average molecular weight is 597 g/mol. The van der Waals surface area contributed by atoms with Crippen LogP contribution in [0.2, 0.25) is 0 Å². The highest BCUT2D eigenvalue weighted by atomic mass is 16.5. The van der Waals surface area contributed by atoms with E-state index in [9.17, 15) is 14.4 Å². The lowest BCUT2D eigenvalue weighted by atomic mass is 9.88. The van der Waals surface area contributed by atoms with E-state index in [0.717, 1.165) is 6.42 Å². The Bertz CT molecular complexity index is 656. The molecule has 0 aliphatic rings. The number of ether oxygens (including phenoxy) is 6. The lowest BCUT2D eigenvalue weighted by Gasteiger charge is -2.32. The summed E-state index contributed by atoms with van der Waals surface area (Å²) < 4.78 is 33.9. The van der Waals surface area contributed by atoms with E-state index in [4.69, 9.17) is 28.4 Å². The molecular weight excluding hydrogens is 546 g/mol. The van der Waals surface area contributed by atoms with E-state index in [0.29, 0.717) is 78.7 Å². The molecule has 0 aromatic carbocycles. The molecule has 0 rings (SSSR count). The molecule has 0 spiro atoms. The van der Waals surface area contributed by atoms with Crippen LogP contribution in [0.25, 0.3) is 0 Å². The van der Waals surface area contributed by atoms with Crippen molar-refractivity contribution in [3.8, 4) is 0 Å². The van der Waals surface area contributed by atoms with E-state index < -0.39 is 0 Å². The molecule has 0 bridgehead atoms. The minimum Gasteiger partial charge on any atom is -0.381 e. The van der Waals surface area contributed by atoms with Gasteiger partial charge in [-0.3, -0.25) is 14.4 Å². The van der Waals surface area contributed by atoms with Crippen molar-refractivity contribution in [2.24, 2.45) is 5.41 Å². The minimum absolute atomic E-state index is 0.126. The van der Waals surface area contributed by atoms with E-state index in [1.54, 1.807) is 0 Å². The van der Waals surface area contributed by atoms with Crippen molar-refractivity contribution in [3.63, 3.8) is 0 Å². The van der Waals surface area contributed by atoms with E-state index in [1.165, 1.54) is 18.2 Å². The van der Waals surface area contributed by atoms with Crippen LogP contribution in [0.4, 0.5) is 0 Å². The molecule has 0 aliphatic carbocycles. The fourth-order valence-corrected chi connectivity index (χ4v) is 3.06. The zero-order valence-corrected chi connectivity index (χ0v) is 25.1. The van der Waals surface area contributed by atoms with Crippen molar-refractivity contribution in [2.45, 2.75) is 32.6 Å². The fraction of sp³-hybridized carbons (Fsp3) is 0.600. The van der Waals surface area contributed by atoms with Crippen LogP contribution in [0, 0.1) is 24.7 Å². The molecule has 0 saturated carbocycles. The van der Waals surface area contributed by atoms with Gasteiger partial charge in [-0.25, -0.2) is 0 Å². The predicted molar refractivity (Wildman–Crippen MR) is 159 cm³/mol. The molecule has 0 aromatic rings. The molecule has 0 unspecified atom stereocenters. The van der Waals surface area contributed by atoms with E-state index in [2.05, 4.69) is 42.6 Å². The van der Waals surface area contributed by atoms with Crippen LogP contribution in [0.1, 0.15) is 32.6 Å². The molecule has 3 radical (unpaired) electrons. The second-order valence-corrected chi connectivity index (χ2v) is 9.02. The van der Waals surface area contributed by atoms with Gasteiger partial charge in [0.05, 0.1) is 39.6 Å². The van der Waals surface area contributed by atoms with Gasteiger partial charge >= 0.3 is 0 Å². The Labute approximate surface area is 251 Å². The van der Waals surface area contributed by atoms with E-state index >= 15 is 0 Å². The SMILES string of the molecule is C=CC(=O)NCOC[CH]CCOCC(CC)(COCC[CH]COCNC(=O)C=C)COCC[CH]COCNC(=O)C=C. The zero-order chi connectivity index (χ0) is 31.2. The third kappa shape index (κ3) is 24.0. The average Bonchev–Trinajstić information content (AvgIpc) is 3.01. The molecule has 0 fully saturated rings. The van der Waals surface area contributed by atoms with Gasteiger partial charge in [-0.2, -0.15) is 0 Å². The van der Waals surface area contributed by atoms with Crippen molar-refractivity contribution in [3.05, 3.63) is 57.2 Å². The van der Waals surface area contributed by atoms with Crippen molar-refractivity contribution in [1.29, 1.82) is 0 Å². The standard InChI is InChI=1S/C30H50N3O9/c1-5-27(34)31-24-40-18-12-9-15-37-21-30(8-4,22-38-16-10-13-19-41-25-32-28(35)6-2)23-39-17-11-14-20-42-26-33-29(36)7-3/h5-7,12-14H,1-3,8-11,15-26H2,4H3,(H,31,34)(H,32,35)(H,33,36). The summed E-state index contributed by atoms with van der Waals surface area (Å²) in [6.45, 7) is 16.8. The zero-order valence-electron chi connectivity index (χ0n) is 25.1. The van der Waals surface area contributed by atoms with Crippen molar-refractivity contribution >= 4 is 17.7 Å². The third-order valence-corrected chi connectivity index (χ3v) is 5.68. The number of nitrogens with one attached hydrogen (secondary N) is 3. The molecule has 12 nitrogen and oxygen atoms in total. The summed E-state index contributed by atoms with van der Waals surface area (Å²) in [6.07, 6.45) is 12.3. The normalized spacial score (nSPS) is 11.1. The van der Waals surface area contributed by atoms with Crippen LogP contribution >= 0.6 is 0 Å². The van der Waals surface area contributed by atoms with Gasteiger partial charge in [0.1, 0.15) is 20.2 Å². The maximum Gasteiger partial charge on any atom is 0.245 e. The van der Waals surface area contributed by atoms with Crippen LogP contribution in [0.3, 0.4) is 0 Å². The Kier molecular flexibility index (Phi) is 26.7. The smallest absolute Gasteiger partial charge is 0.245 e. The van der Waals surface area contributed by atoms with Gasteiger partial charge in [-0.15, -0.1) is 0 Å². The van der Waals surface area contributed by atoms with Gasteiger partial charge in [0, 0.05) is 25.2 Å². The molecule has 0 atom stereocenters. The van der Waals surface area contributed by atoms with Crippen molar-refractivity contribution in [2.75, 3.05) is 79.7 Å². The molecule has 0 aliphatic heterocycles. The molecule has 3 amide bonds. The van der Waals surface area contributed by atoms with Crippen LogP contribution in [0.5, 0.6) is 0 Å². The van der Waals surface area contributed by atoms with E-state index in [1.807, 2.05) is 19.3 Å². The first-order chi connectivity index (χ1) is 20.4. The Balaban J connectivity index is 4.35. The number of rotatable bonds is 31. The molecule has 12 heteroatoms. The van der Waals surface area contributed by atoms with E-state index in [-0.39, 0.29) is 43.3 Å². The Morgan fingerprint density at radius 2 is 0.881 bits per heavy atom. The second-order valence-electron chi connectivity index (χ2n) is 9.02. The number of carbonyl (C=O) groups excluding carboxylic acids is 3. The van der Waals surface area contributed by atoms with Crippen molar-refractivity contribution < 1.29 is 42.8 Å². The lowest BCUT2D eigenvalue weighted by Crippen LogP contribution is -2.37. The highest BCUT2D eigenvalue weighted by Gasteiger charge is 2.29. The first-order valence-electron chi connectivity index (χ1n) is 14.0. The van der Waals surface area contributed by atoms with Gasteiger partial charge in [0.25, 0.3) is 0 Å². The molecular formula is C30H50N3O9. The Morgan fingerprint density at radius 1 is 0.571 bits per heavy atom. The predicted octanol–water partition coefficient (Wildman–Crippen LogP) is 2.04. The molecule has 3 N–H and O–H groups in total. The maximum atomic E-state index is 11.1. The molecule has 0 saturated heterocycles.